The highest BCUT2D eigenvalue weighted by atomic mass is 19.1. The Bertz CT molecular complexity index is 651. The van der Waals surface area contributed by atoms with Gasteiger partial charge in [0.05, 0.1) is 5.69 Å². The molecule has 0 radical (unpaired) electrons. The summed E-state index contributed by atoms with van der Waals surface area (Å²) in [5.41, 5.74) is 0.778. The first kappa shape index (κ1) is 14.2. The van der Waals surface area contributed by atoms with Crippen molar-refractivity contribution in [3.8, 4) is 5.69 Å². The average Bonchev–Trinajstić information content (AvgIpc) is 2.71. The van der Waals surface area contributed by atoms with E-state index in [0.717, 1.165) is 5.56 Å². The Labute approximate surface area is 116 Å². The normalized spacial score (nSPS) is 11.7. The zero-order valence-corrected chi connectivity index (χ0v) is 11.8. The van der Waals surface area contributed by atoms with E-state index in [-0.39, 0.29) is 5.82 Å². The van der Waals surface area contributed by atoms with E-state index < -0.39 is 17.2 Å². The predicted molar refractivity (Wildman–Crippen MR) is 71.7 cm³/mol. The maximum absolute atomic E-state index is 13.5. The summed E-state index contributed by atoms with van der Waals surface area (Å²) in [4.78, 5) is 15.1. The molecule has 2 rings (SSSR count). The fourth-order valence-electron chi connectivity index (χ4n) is 1.91. The molecule has 0 saturated heterocycles. The van der Waals surface area contributed by atoms with Crippen LogP contribution in [0.5, 0.6) is 0 Å². The van der Waals surface area contributed by atoms with Gasteiger partial charge in [0.1, 0.15) is 11.6 Å². The zero-order chi connectivity index (χ0) is 15.1. The van der Waals surface area contributed by atoms with Gasteiger partial charge in [-0.3, -0.25) is 0 Å². The van der Waals surface area contributed by atoms with Crippen molar-refractivity contribution >= 4 is 5.97 Å². The van der Waals surface area contributed by atoms with Crippen molar-refractivity contribution in [2.45, 2.75) is 33.1 Å². The van der Waals surface area contributed by atoms with Gasteiger partial charge in [-0.2, -0.15) is 0 Å². The van der Waals surface area contributed by atoms with E-state index >= 15 is 0 Å². The fraction of sp³-hybridized carbons (Fsp3) is 0.357. The van der Waals surface area contributed by atoms with E-state index in [2.05, 4.69) is 10.1 Å². The molecule has 1 heterocycles. The summed E-state index contributed by atoms with van der Waals surface area (Å²) in [5, 5.41) is 13.0. The molecule has 0 unspecified atom stereocenters. The first-order chi connectivity index (χ1) is 9.18. The first-order valence-electron chi connectivity index (χ1n) is 6.17. The number of rotatable bonds is 2. The Morgan fingerprint density at radius 1 is 1.30 bits per heavy atom. The molecule has 0 fully saturated rings. The van der Waals surface area contributed by atoms with Crippen LogP contribution in [0.1, 0.15) is 42.8 Å². The summed E-state index contributed by atoms with van der Waals surface area (Å²) in [6, 6.07) is 4.44. The van der Waals surface area contributed by atoms with Crippen LogP contribution in [0.3, 0.4) is 0 Å². The molecular weight excluding hydrogens is 261 g/mol. The van der Waals surface area contributed by atoms with Crippen LogP contribution in [0.15, 0.2) is 18.2 Å². The molecule has 0 aliphatic heterocycles. The minimum atomic E-state index is -1.21. The molecule has 0 spiro atoms. The van der Waals surface area contributed by atoms with Crippen LogP contribution >= 0.6 is 0 Å². The highest BCUT2D eigenvalue weighted by Gasteiger charge is 2.26. The second-order valence-corrected chi connectivity index (χ2v) is 5.71. The molecule has 0 atom stereocenters. The molecule has 0 aliphatic rings. The highest BCUT2D eigenvalue weighted by molar-refractivity contribution is 5.83. The molecular formula is C14H16FN3O2. The van der Waals surface area contributed by atoms with Crippen molar-refractivity contribution in [2.24, 2.45) is 0 Å². The Balaban J connectivity index is 2.68. The van der Waals surface area contributed by atoms with Gasteiger partial charge in [0.25, 0.3) is 5.82 Å². The van der Waals surface area contributed by atoms with Crippen molar-refractivity contribution in [1.82, 2.24) is 14.8 Å². The van der Waals surface area contributed by atoms with Crippen LogP contribution in [0, 0.1) is 12.7 Å². The van der Waals surface area contributed by atoms with Crippen molar-refractivity contribution in [1.29, 1.82) is 0 Å². The lowest BCUT2D eigenvalue weighted by molar-refractivity contribution is 0.0683. The van der Waals surface area contributed by atoms with Gasteiger partial charge in [0.15, 0.2) is 0 Å². The molecule has 1 N–H and O–H groups in total. The van der Waals surface area contributed by atoms with Gasteiger partial charge in [0.2, 0.25) is 0 Å². The zero-order valence-electron chi connectivity index (χ0n) is 11.8. The number of hydrogen-bond acceptors (Lipinski definition) is 3. The topological polar surface area (TPSA) is 68.0 Å². The lowest BCUT2D eigenvalue weighted by Gasteiger charge is -2.18. The Hall–Kier alpha value is -2.24. The van der Waals surface area contributed by atoms with Crippen LogP contribution in [0.4, 0.5) is 4.39 Å². The van der Waals surface area contributed by atoms with Gasteiger partial charge in [-0.05, 0) is 30.7 Å². The van der Waals surface area contributed by atoms with Crippen LogP contribution in [-0.4, -0.2) is 25.8 Å². The highest BCUT2D eigenvalue weighted by Crippen LogP contribution is 2.24. The quantitative estimate of drug-likeness (QED) is 0.916. The summed E-state index contributed by atoms with van der Waals surface area (Å²) >= 11 is 0. The standard InChI is InChI=1S/C14H16FN3O2/c1-8-5-9(15)7-10(6-8)18-13(14(2,3)4)16-11(17-18)12(19)20/h5-7H,1-4H3,(H,19,20). The van der Waals surface area contributed by atoms with Gasteiger partial charge in [0, 0.05) is 5.41 Å². The average molecular weight is 277 g/mol. The number of carboxylic acids is 1. The van der Waals surface area contributed by atoms with Crippen molar-refractivity contribution in [2.75, 3.05) is 0 Å². The van der Waals surface area contributed by atoms with E-state index in [9.17, 15) is 9.18 Å². The van der Waals surface area contributed by atoms with Gasteiger partial charge in [-0.15, -0.1) is 5.10 Å². The molecule has 0 saturated carbocycles. The molecule has 5 nitrogen and oxygen atoms in total. The van der Waals surface area contributed by atoms with Crippen LogP contribution in [0.2, 0.25) is 0 Å². The van der Waals surface area contributed by atoms with Crippen molar-refractivity contribution < 1.29 is 14.3 Å². The van der Waals surface area contributed by atoms with Crippen LogP contribution in [-0.2, 0) is 5.41 Å². The number of halogens is 1. The second kappa shape index (κ2) is 4.70. The fourth-order valence-corrected chi connectivity index (χ4v) is 1.91. The first-order valence-corrected chi connectivity index (χ1v) is 6.17. The number of nitrogens with zero attached hydrogens (tertiary/aromatic N) is 3. The SMILES string of the molecule is Cc1cc(F)cc(-n2nc(C(=O)O)nc2C(C)(C)C)c1. The molecule has 106 valence electrons. The largest absolute Gasteiger partial charge is 0.475 e. The molecule has 0 bridgehead atoms. The minimum absolute atomic E-state index is 0.295. The lowest BCUT2D eigenvalue weighted by atomic mass is 9.95. The van der Waals surface area contributed by atoms with Crippen LogP contribution < -0.4 is 0 Å². The number of aromatic carboxylic acids is 1. The molecule has 1 aromatic heterocycles. The smallest absolute Gasteiger partial charge is 0.375 e. The van der Waals surface area contributed by atoms with E-state index in [1.165, 1.54) is 16.8 Å². The number of aromatic nitrogens is 3. The maximum atomic E-state index is 13.5. The number of aryl methyl sites for hydroxylation is 1. The number of hydrogen-bond donors (Lipinski definition) is 1. The van der Waals surface area contributed by atoms with Crippen LogP contribution in [0.25, 0.3) is 5.69 Å². The maximum Gasteiger partial charge on any atom is 0.375 e. The third-order valence-corrected chi connectivity index (χ3v) is 2.74. The second-order valence-electron chi connectivity index (χ2n) is 5.71. The summed E-state index contributed by atoms with van der Waals surface area (Å²) in [7, 11) is 0. The van der Waals surface area contributed by atoms with E-state index in [4.69, 9.17) is 5.11 Å². The molecule has 0 aliphatic carbocycles. The molecule has 0 amide bonds. The number of carboxylic acid groups (broad SMARTS) is 1. The van der Waals surface area contributed by atoms with Crippen molar-refractivity contribution in [3.05, 3.63) is 41.2 Å². The molecule has 2 aromatic rings. The van der Waals surface area contributed by atoms with Crippen molar-refractivity contribution in [3.63, 3.8) is 0 Å². The van der Waals surface area contributed by atoms with E-state index in [1.807, 2.05) is 20.8 Å². The van der Waals surface area contributed by atoms with E-state index in [0.29, 0.717) is 11.5 Å². The Morgan fingerprint density at radius 2 is 1.95 bits per heavy atom. The van der Waals surface area contributed by atoms with Gasteiger partial charge in [-0.25, -0.2) is 18.9 Å². The number of carbonyl (C=O) groups is 1. The Morgan fingerprint density at radius 3 is 2.45 bits per heavy atom. The lowest BCUT2D eigenvalue weighted by Crippen LogP contribution is -2.19. The summed E-state index contributed by atoms with van der Waals surface area (Å²) in [6.07, 6.45) is 0. The summed E-state index contributed by atoms with van der Waals surface area (Å²) in [6.45, 7) is 7.44. The van der Waals surface area contributed by atoms with Gasteiger partial charge >= 0.3 is 5.97 Å². The van der Waals surface area contributed by atoms with Gasteiger partial charge < -0.3 is 5.11 Å². The third-order valence-electron chi connectivity index (χ3n) is 2.74. The summed E-state index contributed by atoms with van der Waals surface area (Å²) < 4.78 is 14.9. The Kier molecular flexibility index (Phi) is 3.33. The third kappa shape index (κ3) is 2.68. The van der Waals surface area contributed by atoms with Gasteiger partial charge in [-0.1, -0.05) is 20.8 Å². The molecule has 1 aromatic carbocycles. The molecule has 6 heteroatoms. The number of benzene rings is 1. The minimum Gasteiger partial charge on any atom is -0.475 e. The predicted octanol–water partition coefficient (Wildman–Crippen LogP) is 2.71. The monoisotopic (exact) mass is 277 g/mol. The summed E-state index contributed by atoms with van der Waals surface area (Å²) in [5.74, 6) is -1.42. The molecule has 20 heavy (non-hydrogen) atoms. The van der Waals surface area contributed by atoms with E-state index in [1.54, 1.807) is 13.0 Å².